The van der Waals surface area contributed by atoms with E-state index in [4.69, 9.17) is 0 Å². The SMILES string of the molecule is O=C(Cc1ccc2c(c1)CCC2)N1C[C@@H]2CC=CC[C@H]2C1. The van der Waals surface area contributed by atoms with Crippen LogP contribution in [0.1, 0.15) is 36.0 Å². The van der Waals surface area contributed by atoms with Crippen LogP contribution in [0.4, 0.5) is 0 Å². The van der Waals surface area contributed by atoms with Gasteiger partial charge in [0, 0.05) is 13.1 Å². The molecule has 1 heterocycles. The van der Waals surface area contributed by atoms with Crippen molar-refractivity contribution < 1.29 is 4.79 Å². The summed E-state index contributed by atoms with van der Waals surface area (Å²) >= 11 is 0. The average molecular weight is 281 g/mol. The number of amides is 1. The zero-order valence-electron chi connectivity index (χ0n) is 12.6. The van der Waals surface area contributed by atoms with Crippen molar-refractivity contribution in [3.63, 3.8) is 0 Å². The van der Waals surface area contributed by atoms with E-state index in [1.807, 2.05) is 0 Å². The summed E-state index contributed by atoms with van der Waals surface area (Å²) in [7, 11) is 0. The molecule has 0 unspecified atom stereocenters. The van der Waals surface area contributed by atoms with Gasteiger partial charge in [0.15, 0.2) is 0 Å². The Balaban J connectivity index is 1.42. The van der Waals surface area contributed by atoms with Gasteiger partial charge in [-0.25, -0.2) is 0 Å². The molecule has 1 fully saturated rings. The van der Waals surface area contributed by atoms with E-state index in [1.165, 1.54) is 36.0 Å². The number of rotatable bonds is 2. The van der Waals surface area contributed by atoms with Gasteiger partial charge in [-0.15, -0.1) is 0 Å². The topological polar surface area (TPSA) is 20.3 Å². The molecular formula is C19H23NO. The highest BCUT2D eigenvalue weighted by molar-refractivity contribution is 5.79. The van der Waals surface area contributed by atoms with Crippen molar-refractivity contribution in [1.82, 2.24) is 4.90 Å². The Morgan fingerprint density at radius 2 is 1.76 bits per heavy atom. The van der Waals surface area contributed by atoms with E-state index in [1.54, 1.807) is 0 Å². The van der Waals surface area contributed by atoms with Gasteiger partial charge in [-0.05, 0) is 60.6 Å². The summed E-state index contributed by atoms with van der Waals surface area (Å²) in [5, 5.41) is 0. The third kappa shape index (κ3) is 2.52. The van der Waals surface area contributed by atoms with Gasteiger partial charge in [0.25, 0.3) is 0 Å². The predicted octanol–water partition coefficient (Wildman–Crippen LogP) is 3.14. The minimum atomic E-state index is 0.322. The van der Waals surface area contributed by atoms with Crippen LogP contribution in [0.2, 0.25) is 0 Å². The number of carbonyl (C=O) groups excluding carboxylic acids is 1. The van der Waals surface area contributed by atoms with Crippen molar-refractivity contribution in [2.45, 2.75) is 38.5 Å². The molecule has 2 aliphatic carbocycles. The second-order valence-corrected chi connectivity index (χ2v) is 6.90. The number of aryl methyl sites for hydroxylation is 2. The Bertz CT molecular complexity index is 573. The smallest absolute Gasteiger partial charge is 0.227 e. The van der Waals surface area contributed by atoms with Crippen LogP contribution >= 0.6 is 0 Å². The summed E-state index contributed by atoms with van der Waals surface area (Å²) in [4.78, 5) is 14.7. The van der Waals surface area contributed by atoms with Gasteiger partial charge in [0.05, 0.1) is 6.42 Å². The van der Waals surface area contributed by atoms with Crippen molar-refractivity contribution in [1.29, 1.82) is 0 Å². The van der Waals surface area contributed by atoms with E-state index in [0.29, 0.717) is 24.2 Å². The fourth-order valence-corrected chi connectivity index (χ4v) is 4.24. The average Bonchev–Trinajstić information content (AvgIpc) is 3.13. The number of likely N-dealkylation sites (tertiary alicyclic amines) is 1. The van der Waals surface area contributed by atoms with Crippen LogP contribution in [0.15, 0.2) is 30.4 Å². The van der Waals surface area contributed by atoms with Crippen molar-refractivity contribution in [2.75, 3.05) is 13.1 Å². The van der Waals surface area contributed by atoms with Gasteiger partial charge in [0.2, 0.25) is 5.91 Å². The van der Waals surface area contributed by atoms with Crippen LogP contribution in [0, 0.1) is 11.8 Å². The van der Waals surface area contributed by atoms with Crippen molar-refractivity contribution >= 4 is 5.91 Å². The van der Waals surface area contributed by atoms with E-state index in [0.717, 1.165) is 25.9 Å². The van der Waals surface area contributed by atoms with Gasteiger partial charge in [-0.3, -0.25) is 4.79 Å². The zero-order chi connectivity index (χ0) is 14.2. The molecule has 2 atom stereocenters. The van der Waals surface area contributed by atoms with E-state index in [-0.39, 0.29) is 0 Å². The Morgan fingerprint density at radius 3 is 2.52 bits per heavy atom. The summed E-state index contributed by atoms with van der Waals surface area (Å²) in [6.07, 6.45) is 11.2. The first-order chi connectivity index (χ1) is 10.3. The molecule has 2 nitrogen and oxygen atoms in total. The first-order valence-corrected chi connectivity index (χ1v) is 8.33. The molecule has 4 rings (SSSR count). The maximum absolute atomic E-state index is 12.6. The van der Waals surface area contributed by atoms with Crippen LogP contribution in [-0.4, -0.2) is 23.9 Å². The first-order valence-electron chi connectivity index (χ1n) is 8.33. The number of benzene rings is 1. The number of hydrogen-bond donors (Lipinski definition) is 0. The van der Waals surface area contributed by atoms with E-state index < -0.39 is 0 Å². The molecule has 1 aliphatic heterocycles. The maximum Gasteiger partial charge on any atom is 0.227 e. The van der Waals surface area contributed by atoms with Gasteiger partial charge in [-0.2, -0.15) is 0 Å². The van der Waals surface area contributed by atoms with Crippen LogP contribution in [-0.2, 0) is 24.1 Å². The normalized spacial score (nSPS) is 26.8. The minimum absolute atomic E-state index is 0.322. The lowest BCUT2D eigenvalue weighted by Gasteiger charge is -2.17. The largest absolute Gasteiger partial charge is 0.342 e. The summed E-state index contributed by atoms with van der Waals surface area (Å²) in [5.74, 6) is 1.74. The van der Waals surface area contributed by atoms with Gasteiger partial charge >= 0.3 is 0 Å². The standard InChI is InChI=1S/C19H23NO/c21-19(20-12-17-4-1-2-5-18(17)13-20)11-14-8-9-15-6-3-7-16(15)10-14/h1-2,8-10,17-18H,3-7,11-13H2/t17-,18-/m0/s1. The third-order valence-corrected chi connectivity index (χ3v) is 5.49. The quantitative estimate of drug-likeness (QED) is 0.763. The fourth-order valence-electron chi connectivity index (χ4n) is 4.24. The van der Waals surface area contributed by atoms with E-state index in [2.05, 4.69) is 35.3 Å². The molecule has 0 radical (unpaired) electrons. The van der Waals surface area contributed by atoms with Crippen LogP contribution < -0.4 is 0 Å². The first kappa shape index (κ1) is 13.1. The molecule has 0 N–H and O–H groups in total. The lowest BCUT2D eigenvalue weighted by Crippen LogP contribution is -2.30. The Hall–Kier alpha value is -1.57. The molecule has 3 aliphatic rings. The molecule has 0 aromatic heterocycles. The molecule has 1 amide bonds. The van der Waals surface area contributed by atoms with E-state index in [9.17, 15) is 4.79 Å². The number of allylic oxidation sites excluding steroid dienone is 2. The number of nitrogens with zero attached hydrogens (tertiary/aromatic N) is 1. The highest BCUT2D eigenvalue weighted by Gasteiger charge is 2.34. The molecule has 110 valence electrons. The van der Waals surface area contributed by atoms with Crippen molar-refractivity contribution in [3.8, 4) is 0 Å². The molecule has 2 heteroatoms. The second-order valence-electron chi connectivity index (χ2n) is 6.90. The number of fused-ring (bicyclic) bond motifs is 2. The van der Waals surface area contributed by atoms with Crippen molar-refractivity contribution in [3.05, 3.63) is 47.0 Å². The summed E-state index contributed by atoms with van der Waals surface area (Å²) in [6.45, 7) is 1.94. The van der Waals surface area contributed by atoms with Crippen LogP contribution in [0.5, 0.6) is 0 Å². The minimum Gasteiger partial charge on any atom is -0.342 e. The van der Waals surface area contributed by atoms with Gasteiger partial charge in [0.1, 0.15) is 0 Å². The Labute approximate surface area is 126 Å². The second kappa shape index (κ2) is 5.32. The lowest BCUT2D eigenvalue weighted by atomic mass is 9.86. The summed E-state index contributed by atoms with van der Waals surface area (Å²) in [5.41, 5.74) is 4.16. The Kier molecular flexibility index (Phi) is 3.33. The molecular weight excluding hydrogens is 258 g/mol. The fraction of sp³-hybridized carbons (Fsp3) is 0.526. The van der Waals surface area contributed by atoms with Gasteiger partial charge in [-0.1, -0.05) is 30.4 Å². The number of carbonyl (C=O) groups is 1. The molecule has 1 aromatic carbocycles. The third-order valence-electron chi connectivity index (χ3n) is 5.49. The number of hydrogen-bond acceptors (Lipinski definition) is 1. The monoisotopic (exact) mass is 281 g/mol. The highest BCUT2D eigenvalue weighted by Crippen LogP contribution is 2.33. The predicted molar refractivity (Wildman–Crippen MR) is 84.1 cm³/mol. The Morgan fingerprint density at radius 1 is 1.05 bits per heavy atom. The highest BCUT2D eigenvalue weighted by atomic mass is 16.2. The zero-order valence-corrected chi connectivity index (χ0v) is 12.6. The molecule has 1 aromatic rings. The lowest BCUT2D eigenvalue weighted by molar-refractivity contribution is -0.129. The molecule has 1 saturated heterocycles. The van der Waals surface area contributed by atoms with Crippen LogP contribution in [0.3, 0.4) is 0 Å². The maximum atomic E-state index is 12.6. The van der Waals surface area contributed by atoms with Crippen LogP contribution in [0.25, 0.3) is 0 Å². The molecule has 0 bridgehead atoms. The van der Waals surface area contributed by atoms with Crippen molar-refractivity contribution in [2.24, 2.45) is 11.8 Å². The molecule has 21 heavy (non-hydrogen) atoms. The molecule has 0 spiro atoms. The van der Waals surface area contributed by atoms with Gasteiger partial charge < -0.3 is 4.90 Å². The van der Waals surface area contributed by atoms with E-state index >= 15 is 0 Å². The summed E-state index contributed by atoms with van der Waals surface area (Å²) < 4.78 is 0. The molecule has 0 saturated carbocycles. The summed E-state index contributed by atoms with van der Waals surface area (Å²) in [6, 6.07) is 6.66.